The molecule has 1 aliphatic rings. The number of nitrogens with one attached hydrogen (secondary N) is 1. The Morgan fingerprint density at radius 2 is 1.93 bits per heavy atom. The summed E-state index contributed by atoms with van der Waals surface area (Å²) >= 11 is 1.42. The van der Waals surface area contributed by atoms with Gasteiger partial charge < -0.3 is 14.6 Å². The quantitative estimate of drug-likeness (QED) is 0.603. The summed E-state index contributed by atoms with van der Waals surface area (Å²) < 4.78 is 7.49. The van der Waals surface area contributed by atoms with Crippen LogP contribution in [0.25, 0.3) is 10.8 Å². The van der Waals surface area contributed by atoms with E-state index in [2.05, 4.69) is 38.0 Å². The number of fused-ring (bicyclic) bond motifs is 1. The molecule has 0 spiro atoms. The highest BCUT2D eigenvalue weighted by atomic mass is 32.2. The Morgan fingerprint density at radius 3 is 2.72 bits per heavy atom. The van der Waals surface area contributed by atoms with Crippen molar-refractivity contribution in [3.8, 4) is 0 Å². The van der Waals surface area contributed by atoms with Crippen molar-refractivity contribution in [3.63, 3.8) is 0 Å². The highest BCUT2D eigenvalue weighted by molar-refractivity contribution is 7.99. The van der Waals surface area contributed by atoms with Crippen LogP contribution in [0.5, 0.6) is 0 Å². The minimum atomic E-state index is -0.0503. The Morgan fingerprint density at radius 1 is 1.14 bits per heavy atom. The van der Waals surface area contributed by atoms with Gasteiger partial charge in [0.25, 0.3) is 0 Å². The fraction of sp³-hybridized carbons (Fsp3) is 0.381. The predicted octanol–water partition coefficient (Wildman–Crippen LogP) is 3.01. The fourth-order valence-electron chi connectivity index (χ4n) is 3.41. The number of amides is 1. The Hall–Kier alpha value is -2.42. The smallest absolute Gasteiger partial charge is 0.234 e. The van der Waals surface area contributed by atoms with E-state index >= 15 is 0 Å². The normalized spacial score (nSPS) is 14.9. The van der Waals surface area contributed by atoms with Gasteiger partial charge in [0.2, 0.25) is 5.91 Å². The molecule has 0 atom stereocenters. The molecule has 0 unspecified atom stereocenters. The Labute approximate surface area is 174 Å². The number of hydrogen-bond donors (Lipinski definition) is 1. The molecule has 152 valence electrons. The zero-order valence-electron chi connectivity index (χ0n) is 16.5. The van der Waals surface area contributed by atoms with E-state index in [1.807, 2.05) is 36.4 Å². The molecule has 7 nitrogen and oxygen atoms in total. The SMILES string of the molecule is CCn1c(CN2CCOCC2)nnc1SCC(=O)Nc1ccc2ccccc2c1. The summed E-state index contributed by atoms with van der Waals surface area (Å²) in [6.07, 6.45) is 0. The second kappa shape index (κ2) is 9.39. The summed E-state index contributed by atoms with van der Waals surface area (Å²) in [5.74, 6) is 1.18. The van der Waals surface area contributed by atoms with Gasteiger partial charge in [-0.05, 0) is 29.8 Å². The van der Waals surface area contributed by atoms with Gasteiger partial charge >= 0.3 is 0 Å². The van der Waals surface area contributed by atoms with Crippen LogP contribution in [0.1, 0.15) is 12.7 Å². The molecular weight excluding hydrogens is 386 g/mol. The van der Waals surface area contributed by atoms with Gasteiger partial charge in [-0.1, -0.05) is 42.1 Å². The molecule has 2 heterocycles. The molecule has 1 saturated heterocycles. The monoisotopic (exact) mass is 411 g/mol. The summed E-state index contributed by atoms with van der Waals surface area (Å²) in [7, 11) is 0. The molecule has 4 rings (SSSR count). The number of carbonyl (C=O) groups excluding carboxylic acids is 1. The largest absolute Gasteiger partial charge is 0.379 e. The number of aromatic nitrogens is 3. The van der Waals surface area contributed by atoms with Crippen molar-refractivity contribution in [2.45, 2.75) is 25.2 Å². The van der Waals surface area contributed by atoms with Crippen molar-refractivity contribution in [1.29, 1.82) is 0 Å². The molecule has 1 aromatic heterocycles. The second-order valence-electron chi connectivity index (χ2n) is 6.93. The van der Waals surface area contributed by atoms with Crippen LogP contribution >= 0.6 is 11.8 Å². The van der Waals surface area contributed by atoms with E-state index < -0.39 is 0 Å². The van der Waals surface area contributed by atoms with E-state index in [0.717, 1.165) is 66.8 Å². The summed E-state index contributed by atoms with van der Waals surface area (Å²) in [6, 6.07) is 14.0. The molecule has 8 heteroatoms. The number of rotatable bonds is 7. The molecule has 0 radical (unpaired) electrons. The number of nitrogens with zero attached hydrogens (tertiary/aromatic N) is 4. The third kappa shape index (κ3) is 4.95. The first-order valence-electron chi connectivity index (χ1n) is 9.86. The summed E-state index contributed by atoms with van der Waals surface area (Å²) in [5.41, 5.74) is 0.805. The molecule has 1 N–H and O–H groups in total. The predicted molar refractivity (Wildman–Crippen MR) is 115 cm³/mol. The van der Waals surface area contributed by atoms with Crippen molar-refractivity contribution in [1.82, 2.24) is 19.7 Å². The maximum Gasteiger partial charge on any atom is 0.234 e. The zero-order valence-corrected chi connectivity index (χ0v) is 17.3. The first kappa shape index (κ1) is 19.9. The van der Waals surface area contributed by atoms with Gasteiger partial charge in [-0.15, -0.1) is 10.2 Å². The van der Waals surface area contributed by atoms with Crippen LogP contribution in [0, 0.1) is 0 Å². The lowest BCUT2D eigenvalue weighted by molar-refractivity contribution is -0.113. The zero-order chi connectivity index (χ0) is 20.1. The molecule has 1 fully saturated rings. The average Bonchev–Trinajstić information content (AvgIpc) is 3.14. The van der Waals surface area contributed by atoms with E-state index in [4.69, 9.17) is 4.74 Å². The first-order chi connectivity index (χ1) is 14.2. The fourth-order valence-corrected chi connectivity index (χ4v) is 4.24. The number of thioether (sulfide) groups is 1. The van der Waals surface area contributed by atoms with Gasteiger partial charge in [-0.25, -0.2) is 0 Å². The molecule has 1 amide bonds. The number of anilines is 1. The molecule has 1 aliphatic heterocycles. The minimum absolute atomic E-state index is 0.0503. The molecule has 0 saturated carbocycles. The minimum Gasteiger partial charge on any atom is -0.379 e. The Balaban J connectivity index is 1.35. The number of ether oxygens (including phenoxy) is 1. The van der Waals surface area contributed by atoms with Gasteiger partial charge in [-0.3, -0.25) is 9.69 Å². The third-order valence-corrected chi connectivity index (χ3v) is 5.91. The van der Waals surface area contributed by atoms with Gasteiger partial charge in [-0.2, -0.15) is 0 Å². The lowest BCUT2D eigenvalue weighted by Gasteiger charge is -2.26. The molecule has 29 heavy (non-hydrogen) atoms. The summed E-state index contributed by atoms with van der Waals surface area (Å²) in [5, 5.41) is 14.7. The van der Waals surface area contributed by atoms with E-state index in [9.17, 15) is 4.79 Å². The van der Waals surface area contributed by atoms with Gasteiger partial charge in [0.05, 0.1) is 25.5 Å². The third-order valence-electron chi connectivity index (χ3n) is 4.94. The Kier molecular flexibility index (Phi) is 6.43. The highest BCUT2D eigenvalue weighted by Crippen LogP contribution is 2.21. The van der Waals surface area contributed by atoms with E-state index in [1.165, 1.54) is 11.8 Å². The summed E-state index contributed by atoms with van der Waals surface area (Å²) in [6.45, 7) is 6.95. The lowest BCUT2D eigenvalue weighted by atomic mass is 10.1. The van der Waals surface area contributed by atoms with Gasteiger partial charge in [0.1, 0.15) is 5.82 Å². The van der Waals surface area contributed by atoms with Crippen LogP contribution in [-0.2, 0) is 22.6 Å². The van der Waals surface area contributed by atoms with Crippen LogP contribution in [-0.4, -0.2) is 57.6 Å². The Bertz CT molecular complexity index is 984. The van der Waals surface area contributed by atoms with Crippen LogP contribution in [0.4, 0.5) is 5.69 Å². The molecule has 3 aromatic rings. The maximum atomic E-state index is 12.4. The van der Waals surface area contributed by atoms with E-state index in [-0.39, 0.29) is 5.91 Å². The van der Waals surface area contributed by atoms with Crippen molar-refractivity contribution in [2.75, 3.05) is 37.4 Å². The first-order valence-corrected chi connectivity index (χ1v) is 10.8. The lowest BCUT2D eigenvalue weighted by Crippen LogP contribution is -2.36. The second-order valence-corrected chi connectivity index (χ2v) is 7.87. The van der Waals surface area contributed by atoms with Crippen molar-refractivity contribution < 1.29 is 9.53 Å². The van der Waals surface area contributed by atoms with Crippen LogP contribution < -0.4 is 5.32 Å². The van der Waals surface area contributed by atoms with Crippen LogP contribution in [0.2, 0.25) is 0 Å². The number of hydrogen-bond acceptors (Lipinski definition) is 6. The van der Waals surface area contributed by atoms with Crippen molar-refractivity contribution in [2.24, 2.45) is 0 Å². The number of carbonyl (C=O) groups is 1. The van der Waals surface area contributed by atoms with Crippen LogP contribution in [0.3, 0.4) is 0 Å². The maximum absolute atomic E-state index is 12.4. The van der Waals surface area contributed by atoms with Crippen molar-refractivity contribution in [3.05, 3.63) is 48.3 Å². The molecular formula is C21H25N5O2S. The van der Waals surface area contributed by atoms with Gasteiger partial charge in [0.15, 0.2) is 5.16 Å². The average molecular weight is 412 g/mol. The van der Waals surface area contributed by atoms with Crippen LogP contribution in [0.15, 0.2) is 47.6 Å². The molecule has 0 aliphatic carbocycles. The topological polar surface area (TPSA) is 72.3 Å². The number of benzene rings is 2. The number of morpholine rings is 1. The summed E-state index contributed by atoms with van der Waals surface area (Å²) in [4.78, 5) is 14.8. The molecule has 2 aromatic carbocycles. The van der Waals surface area contributed by atoms with Gasteiger partial charge in [0, 0.05) is 25.3 Å². The highest BCUT2D eigenvalue weighted by Gasteiger charge is 2.17. The standard InChI is InChI=1S/C21H25N5O2S/c1-2-26-19(14-25-9-11-28-12-10-25)23-24-21(26)29-15-20(27)22-18-8-7-16-5-3-4-6-17(16)13-18/h3-8,13H,2,9-12,14-15H2,1H3,(H,22,27). The van der Waals surface area contributed by atoms with Crippen molar-refractivity contribution >= 4 is 34.1 Å². The van der Waals surface area contributed by atoms with E-state index in [0.29, 0.717) is 5.75 Å². The van der Waals surface area contributed by atoms with E-state index in [1.54, 1.807) is 0 Å². The molecule has 0 bridgehead atoms.